The van der Waals surface area contributed by atoms with Crippen molar-refractivity contribution < 1.29 is 9.59 Å². The molecule has 2 amide bonds. The molecule has 0 unspecified atom stereocenters. The first kappa shape index (κ1) is 15.4. The SMILES string of the molecule is CNC(=O)[C@@H]1CCCC[C@@H]1NC(=O)c1sccc1SC. The fraction of sp³-hybridized carbons (Fsp3) is 0.571. The maximum absolute atomic E-state index is 12.4. The van der Waals surface area contributed by atoms with E-state index < -0.39 is 0 Å². The van der Waals surface area contributed by atoms with Gasteiger partial charge in [0.1, 0.15) is 4.88 Å². The minimum absolute atomic E-state index is 0.0336. The predicted molar refractivity (Wildman–Crippen MR) is 83.4 cm³/mol. The molecule has 20 heavy (non-hydrogen) atoms. The van der Waals surface area contributed by atoms with Crippen molar-refractivity contribution in [3.05, 3.63) is 16.3 Å². The maximum Gasteiger partial charge on any atom is 0.262 e. The lowest BCUT2D eigenvalue weighted by Crippen LogP contribution is -2.47. The van der Waals surface area contributed by atoms with Crippen LogP contribution in [0.15, 0.2) is 16.3 Å². The van der Waals surface area contributed by atoms with Crippen molar-refractivity contribution >= 4 is 34.9 Å². The summed E-state index contributed by atoms with van der Waals surface area (Å²) in [6, 6.07) is 1.91. The van der Waals surface area contributed by atoms with Gasteiger partial charge in [-0.1, -0.05) is 12.8 Å². The smallest absolute Gasteiger partial charge is 0.262 e. The van der Waals surface area contributed by atoms with Crippen molar-refractivity contribution in [2.75, 3.05) is 13.3 Å². The normalized spacial score (nSPS) is 22.3. The minimum Gasteiger partial charge on any atom is -0.359 e. The summed E-state index contributed by atoms with van der Waals surface area (Å²) in [5, 5.41) is 7.69. The molecule has 0 radical (unpaired) electrons. The van der Waals surface area contributed by atoms with Gasteiger partial charge in [0.2, 0.25) is 5.91 Å². The van der Waals surface area contributed by atoms with E-state index in [1.165, 1.54) is 11.3 Å². The second kappa shape index (κ2) is 7.13. The third kappa shape index (κ3) is 3.35. The van der Waals surface area contributed by atoms with Gasteiger partial charge in [0.05, 0.1) is 5.92 Å². The lowest BCUT2D eigenvalue weighted by molar-refractivity contribution is -0.126. The maximum atomic E-state index is 12.4. The summed E-state index contributed by atoms with van der Waals surface area (Å²) in [5.41, 5.74) is 0. The van der Waals surface area contributed by atoms with E-state index in [0.717, 1.165) is 35.5 Å². The number of thioether (sulfide) groups is 1. The zero-order chi connectivity index (χ0) is 14.5. The summed E-state index contributed by atoms with van der Waals surface area (Å²) in [4.78, 5) is 26.0. The summed E-state index contributed by atoms with van der Waals surface area (Å²) in [6.07, 6.45) is 5.82. The fourth-order valence-corrected chi connectivity index (χ4v) is 4.31. The fourth-order valence-electron chi connectivity index (χ4n) is 2.66. The van der Waals surface area contributed by atoms with Crippen LogP contribution in [0.3, 0.4) is 0 Å². The number of carbonyl (C=O) groups is 2. The topological polar surface area (TPSA) is 58.2 Å². The molecule has 6 heteroatoms. The van der Waals surface area contributed by atoms with Crippen molar-refractivity contribution in [3.63, 3.8) is 0 Å². The van der Waals surface area contributed by atoms with Gasteiger partial charge < -0.3 is 10.6 Å². The van der Waals surface area contributed by atoms with Crippen LogP contribution in [0.4, 0.5) is 0 Å². The van der Waals surface area contributed by atoms with Gasteiger partial charge in [0.25, 0.3) is 5.91 Å². The molecular formula is C14H20N2O2S2. The summed E-state index contributed by atoms with van der Waals surface area (Å²) in [6.45, 7) is 0. The molecular weight excluding hydrogens is 292 g/mol. The van der Waals surface area contributed by atoms with Gasteiger partial charge in [-0.3, -0.25) is 9.59 Å². The first-order chi connectivity index (χ1) is 9.67. The summed E-state index contributed by atoms with van der Waals surface area (Å²) >= 11 is 3.03. The van der Waals surface area contributed by atoms with Crippen LogP contribution in [0.2, 0.25) is 0 Å². The van der Waals surface area contributed by atoms with E-state index in [4.69, 9.17) is 0 Å². The number of nitrogens with one attached hydrogen (secondary N) is 2. The highest BCUT2D eigenvalue weighted by Gasteiger charge is 2.32. The molecule has 1 aromatic rings. The van der Waals surface area contributed by atoms with Crippen LogP contribution in [0.1, 0.15) is 35.4 Å². The average molecular weight is 312 g/mol. The standard InChI is InChI=1S/C14H20N2O2S2/c1-15-13(17)9-5-3-4-6-10(9)16-14(18)12-11(19-2)7-8-20-12/h7-10H,3-6H2,1-2H3,(H,15,17)(H,16,18)/t9-,10+/m1/s1. The molecule has 1 aliphatic rings. The van der Waals surface area contributed by atoms with E-state index in [-0.39, 0.29) is 23.8 Å². The Hall–Kier alpha value is -1.01. The van der Waals surface area contributed by atoms with Gasteiger partial charge >= 0.3 is 0 Å². The Bertz CT molecular complexity index is 487. The molecule has 0 aromatic carbocycles. The third-order valence-electron chi connectivity index (χ3n) is 3.72. The lowest BCUT2D eigenvalue weighted by Gasteiger charge is -2.30. The van der Waals surface area contributed by atoms with Crippen LogP contribution in [-0.2, 0) is 4.79 Å². The minimum atomic E-state index is -0.101. The van der Waals surface area contributed by atoms with E-state index in [2.05, 4.69) is 10.6 Å². The van der Waals surface area contributed by atoms with Gasteiger partial charge in [0, 0.05) is 18.0 Å². The number of rotatable bonds is 4. The molecule has 1 aliphatic carbocycles. The molecule has 0 aliphatic heterocycles. The van der Waals surface area contributed by atoms with Gasteiger partial charge in [-0.05, 0) is 30.5 Å². The monoisotopic (exact) mass is 312 g/mol. The van der Waals surface area contributed by atoms with Crippen LogP contribution >= 0.6 is 23.1 Å². The summed E-state index contributed by atoms with van der Waals surface area (Å²) < 4.78 is 0. The zero-order valence-corrected chi connectivity index (χ0v) is 13.4. The highest BCUT2D eigenvalue weighted by atomic mass is 32.2. The largest absolute Gasteiger partial charge is 0.359 e. The molecule has 2 N–H and O–H groups in total. The molecule has 0 saturated heterocycles. The zero-order valence-electron chi connectivity index (χ0n) is 11.8. The Morgan fingerprint density at radius 2 is 2.10 bits per heavy atom. The second-order valence-electron chi connectivity index (χ2n) is 4.90. The number of hydrogen-bond acceptors (Lipinski definition) is 4. The van der Waals surface area contributed by atoms with Crippen molar-refractivity contribution in [1.82, 2.24) is 10.6 Å². The molecule has 2 atom stereocenters. The quantitative estimate of drug-likeness (QED) is 0.840. The van der Waals surface area contributed by atoms with Crippen LogP contribution in [-0.4, -0.2) is 31.2 Å². The molecule has 0 spiro atoms. The van der Waals surface area contributed by atoms with E-state index in [1.807, 2.05) is 17.7 Å². The van der Waals surface area contributed by atoms with Crippen LogP contribution in [0, 0.1) is 5.92 Å². The van der Waals surface area contributed by atoms with E-state index >= 15 is 0 Å². The molecule has 110 valence electrons. The second-order valence-corrected chi connectivity index (χ2v) is 6.67. The van der Waals surface area contributed by atoms with E-state index in [1.54, 1.807) is 18.8 Å². The van der Waals surface area contributed by atoms with Crippen molar-refractivity contribution in [2.45, 2.75) is 36.6 Å². The Kier molecular flexibility index (Phi) is 5.48. The predicted octanol–water partition coefficient (Wildman–Crippen LogP) is 2.50. The Morgan fingerprint density at radius 3 is 2.80 bits per heavy atom. The lowest BCUT2D eigenvalue weighted by atomic mass is 9.84. The number of hydrogen-bond donors (Lipinski definition) is 2. The highest BCUT2D eigenvalue weighted by Crippen LogP contribution is 2.28. The van der Waals surface area contributed by atoms with E-state index in [9.17, 15) is 9.59 Å². The Morgan fingerprint density at radius 1 is 1.35 bits per heavy atom. The van der Waals surface area contributed by atoms with Gasteiger partial charge in [0.15, 0.2) is 0 Å². The molecule has 1 fully saturated rings. The third-order valence-corrected chi connectivity index (χ3v) is 5.54. The Balaban J connectivity index is 2.07. The van der Waals surface area contributed by atoms with Gasteiger partial charge in [-0.15, -0.1) is 23.1 Å². The first-order valence-electron chi connectivity index (χ1n) is 6.81. The molecule has 4 nitrogen and oxygen atoms in total. The Labute approximate surface area is 127 Å². The number of thiophene rings is 1. The molecule has 1 heterocycles. The first-order valence-corrected chi connectivity index (χ1v) is 8.91. The molecule has 2 rings (SSSR count). The highest BCUT2D eigenvalue weighted by molar-refractivity contribution is 7.98. The van der Waals surface area contributed by atoms with Crippen LogP contribution < -0.4 is 10.6 Å². The number of carbonyl (C=O) groups excluding carboxylic acids is 2. The summed E-state index contributed by atoms with van der Waals surface area (Å²) in [5.74, 6) is -0.119. The van der Waals surface area contributed by atoms with Crippen LogP contribution in [0.25, 0.3) is 0 Å². The average Bonchev–Trinajstić information content (AvgIpc) is 2.95. The van der Waals surface area contributed by atoms with Crippen LogP contribution in [0.5, 0.6) is 0 Å². The number of amides is 2. The van der Waals surface area contributed by atoms with E-state index in [0.29, 0.717) is 0 Å². The van der Waals surface area contributed by atoms with Crippen molar-refractivity contribution in [3.8, 4) is 0 Å². The van der Waals surface area contributed by atoms with Gasteiger partial charge in [-0.2, -0.15) is 0 Å². The molecule has 1 saturated carbocycles. The van der Waals surface area contributed by atoms with Gasteiger partial charge in [-0.25, -0.2) is 0 Å². The molecule has 0 bridgehead atoms. The summed E-state index contributed by atoms with van der Waals surface area (Å²) in [7, 11) is 1.65. The van der Waals surface area contributed by atoms with Crippen molar-refractivity contribution in [1.29, 1.82) is 0 Å². The van der Waals surface area contributed by atoms with Crippen molar-refractivity contribution in [2.24, 2.45) is 5.92 Å². The molecule has 1 aromatic heterocycles.